The molecule has 0 atom stereocenters. The summed E-state index contributed by atoms with van der Waals surface area (Å²) < 4.78 is 17.0. The van der Waals surface area contributed by atoms with Gasteiger partial charge in [0.25, 0.3) is 5.56 Å². The fraction of sp³-hybridized carbons (Fsp3) is 0.111. The number of carbonyl (C=O) groups is 1. The summed E-state index contributed by atoms with van der Waals surface area (Å²) in [5.74, 6) is 0.467. The lowest BCUT2D eigenvalue weighted by molar-refractivity contribution is 0.0602. The summed E-state index contributed by atoms with van der Waals surface area (Å²) in [6.07, 6.45) is 1.49. The topological polar surface area (TPSA) is 66.8 Å². The van der Waals surface area contributed by atoms with Gasteiger partial charge in [0, 0.05) is 17.3 Å². The Morgan fingerprint density at radius 3 is 2.42 bits per heavy atom. The van der Waals surface area contributed by atoms with Gasteiger partial charge in [0.05, 0.1) is 18.1 Å². The van der Waals surface area contributed by atoms with Gasteiger partial charge >= 0.3 is 5.97 Å². The van der Waals surface area contributed by atoms with Crippen molar-refractivity contribution >= 4 is 16.7 Å². The minimum atomic E-state index is -0.524. The molecule has 1 aliphatic heterocycles. The van der Waals surface area contributed by atoms with Crippen molar-refractivity contribution in [2.45, 2.75) is 0 Å². The fourth-order valence-electron chi connectivity index (χ4n) is 2.78. The van der Waals surface area contributed by atoms with Crippen LogP contribution in [0.5, 0.6) is 11.5 Å². The van der Waals surface area contributed by atoms with Crippen molar-refractivity contribution in [1.82, 2.24) is 4.57 Å². The van der Waals surface area contributed by atoms with E-state index in [9.17, 15) is 9.59 Å². The van der Waals surface area contributed by atoms with Gasteiger partial charge in [0.15, 0.2) is 11.5 Å². The molecule has 0 bridgehead atoms. The van der Waals surface area contributed by atoms with E-state index in [0.717, 1.165) is 0 Å². The molecular formula is C18H13NO5. The largest absolute Gasteiger partial charge is 0.465 e. The monoisotopic (exact) mass is 323 g/mol. The van der Waals surface area contributed by atoms with Crippen LogP contribution in [0.2, 0.25) is 0 Å². The fourth-order valence-corrected chi connectivity index (χ4v) is 2.78. The third-order valence-corrected chi connectivity index (χ3v) is 3.95. The number of carbonyl (C=O) groups excluding carboxylic acids is 1. The molecule has 0 spiro atoms. The third-order valence-electron chi connectivity index (χ3n) is 3.95. The van der Waals surface area contributed by atoms with Crippen LogP contribution in [0, 0.1) is 0 Å². The number of hydrogen-bond donors (Lipinski definition) is 0. The minimum Gasteiger partial charge on any atom is -0.465 e. The second-order valence-corrected chi connectivity index (χ2v) is 5.30. The van der Waals surface area contributed by atoms with Gasteiger partial charge < -0.3 is 14.2 Å². The minimum absolute atomic E-state index is 0.0894. The van der Waals surface area contributed by atoms with Gasteiger partial charge in [0.2, 0.25) is 6.79 Å². The van der Waals surface area contributed by atoms with Gasteiger partial charge in [0.1, 0.15) is 0 Å². The maximum Gasteiger partial charge on any atom is 0.340 e. The Morgan fingerprint density at radius 2 is 1.75 bits per heavy atom. The third kappa shape index (κ3) is 2.11. The van der Waals surface area contributed by atoms with Gasteiger partial charge in [-0.1, -0.05) is 18.2 Å². The smallest absolute Gasteiger partial charge is 0.340 e. The average Bonchev–Trinajstić information content (AvgIpc) is 3.08. The number of ether oxygens (including phenoxy) is 3. The van der Waals surface area contributed by atoms with Crippen LogP contribution in [0.1, 0.15) is 10.4 Å². The number of benzene rings is 2. The molecule has 0 aliphatic carbocycles. The molecule has 0 unspecified atom stereocenters. The lowest BCUT2D eigenvalue weighted by Gasteiger charge is -2.12. The van der Waals surface area contributed by atoms with Crippen molar-refractivity contribution in [3.05, 3.63) is 64.6 Å². The van der Waals surface area contributed by atoms with E-state index >= 15 is 0 Å². The standard InChI is InChI=1S/C18H13NO5/c1-22-18(21)14-9-19(11-5-3-2-4-6-11)17(20)13-8-16-15(7-12(13)14)23-10-24-16/h2-9H,10H2,1H3. The van der Waals surface area contributed by atoms with E-state index in [0.29, 0.717) is 28.0 Å². The Labute approximate surface area is 136 Å². The summed E-state index contributed by atoms with van der Waals surface area (Å²) in [4.78, 5) is 25.1. The normalized spacial score (nSPS) is 12.4. The lowest BCUT2D eigenvalue weighted by Crippen LogP contribution is -2.21. The highest BCUT2D eigenvalue weighted by molar-refractivity contribution is 6.05. The van der Waals surface area contributed by atoms with Crippen molar-refractivity contribution in [1.29, 1.82) is 0 Å². The lowest BCUT2D eigenvalue weighted by atomic mass is 10.1. The van der Waals surface area contributed by atoms with Gasteiger partial charge in [-0.15, -0.1) is 0 Å². The molecule has 2 heterocycles. The van der Waals surface area contributed by atoms with E-state index in [2.05, 4.69) is 0 Å². The molecule has 6 heteroatoms. The zero-order chi connectivity index (χ0) is 16.7. The molecule has 6 nitrogen and oxygen atoms in total. The molecule has 0 N–H and O–H groups in total. The molecule has 2 aromatic carbocycles. The number of rotatable bonds is 2. The first-order valence-corrected chi connectivity index (χ1v) is 7.32. The van der Waals surface area contributed by atoms with Crippen LogP contribution in [-0.2, 0) is 4.74 Å². The molecule has 0 radical (unpaired) electrons. The van der Waals surface area contributed by atoms with E-state index in [4.69, 9.17) is 14.2 Å². The molecule has 24 heavy (non-hydrogen) atoms. The first-order valence-electron chi connectivity index (χ1n) is 7.32. The molecule has 1 aliphatic rings. The SMILES string of the molecule is COC(=O)c1cn(-c2ccccc2)c(=O)c2cc3c(cc12)OCO3. The molecule has 120 valence electrons. The second-order valence-electron chi connectivity index (χ2n) is 5.30. The molecule has 0 saturated carbocycles. The van der Waals surface area contributed by atoms with Crippen molar-refractivity contribution in [2.75, 3.05) is 13.9 Å². The van der Waals surface area contributed by atoms with Crippen molar-refractivity contribution in [3.8, 4) is 17.2 Å². The van der Waals surface area contributed by atoms with Crippen LogP contribution in [-0.4, -0.2) is 24.4 Å². The Kier molecular flexibility index (Phi) is 3.23. The van der Waals surface area contributed by atoms with E-state index < -0.39 is 5.97 Å². The van der Waals surface area contributed by atoms with Gasteiger partial charge in [-0.25, -0.2) is 4.79 Å². The summed E-state index contributed by atoms with van der Waals surface area (Å²) in [7, 11) is 1.30. The van der Waals surface area contributed by atoms with Gasteiger partial charge in [-0.05, 0) is 24.3 Å². The Morgan fingerprint density at radius 1 is 1.08 bits per heavy atom. The Balaban J connectivity index is 2.09. The van der Waals surface area contributed by atoms with Crippen LogP contribution < -0.4 is 15.0 Å². The summed E-state index contributed by atoms with van der Waals surface area (Å²) >= 11 is 0. The van der Waals surface area contributed by atoms with Gasteiger partial charge in [-0.2, -0.15) is 0 Å². The van der Waals surface area contributed by atoms with Crippen LogP contribution in [0.3, 0.4) is 0 Å². The zero-order valence-electron chi connectivity index (χ0n) is 12.8. The van der Waals surface area contributed by atoms with E-state index in [1.165, 1.54) is 17.9 Å². The first-order chi connectivity index (χ1) is 11.7. The molecule has 0 fully saturated rings. The number of nitrogens with zero attached hydrogens (tertiary/aromatic N) is 1. The molecule has 0 amide bonds. The van der Waals surface area contributed by atoms with Crippen LogP contribution in [0.15, 0.2) is 53.5 Å². The maximum atomic E-state index is 12.9. The number of aromatic nitrogens is 1. The molecule has 0 saturated heterocycles. The highest BCUT2D eigenvalue weighted by Crippen LogP contribution is 2.36. The highest BCUT2D eigenvalue weighted by atomic mass is 16.7. The first kappa shape index (κ1) is 14.3. The predicted octanol–water partition coefficient (Wildman–Crippen LogP) is 2.51. The predicted molar refractivity (Wildman–Crippen MR) is 87.0 cm³/mol. The maximum absolute atomic E-state index is 12.9. The van der Waals surface area contributed by atoms with Crippen LogP contribution in [0.4, 0.5) is 0 Å². The quantitative estimate of drug-likeness (QED) is 0.678. The van der Waals surface area contributed by atoms with Crippen LogP contribution >= 0.6 is 0 Å². The van der Waals surface area contributed by atoms with E-state index in [1.807, 2.05) is 18.2 Å². The van der Waals surface area contributed by atoms with E-state index in [1.54, 1.807) is 24.3 Å². The summed E-state index contributed by atoms with van der Waals surface area (Å²) in [5, 5.41) is 0.842. The Bertz CT molecular complexity index is 1010. The number of esters is 1. The summed E-state index contributed by atoms with van der Waals surface area (Å²) in [6, 6.07) is 12.3. The zero-order valence-corrected chi connectivity index (χ0v) is 12.8. The molecular weight excluding hydrogens is 310 g/mol. The number of methoxy groups -OCH3 is 1. The van der Waals surface area contributed by atoms with E-state index in [-0.39, 0.29) is 17.9 Å². The van der Waals surface area contributed by atoms with Crippen molar-refractivity contribution < 1.29 is 19.0 Å². The van der Waals surface area contributed by atoms with Crippen molar-refractivity contribution in [2.24, 2.45) is 0 Å². The van der Waals surface area contributed by atoms with Crippen molar-refractivity contribution in [3.63, 3.8) is 0 Å². The number of hydrogen-bond acceptors (Lipinski definition) is 5. The van der Waals surface area contributed by atoms with Gasteiger partial charge in [-0.3, -0.25) is 9.36 Å². The number of para-hydroxylation sites is 1. The Hall–Kier alpha value is -3.28. The summed E-state index contributed by atoms with van der Waals surface area (Å²) in [5.41, 5.74) is 0.698. The molecule has 3 aromatic rings. The second kappa shape index (κ2) is 5.42. The van der Waals surface area contributed by atoms with Crippen LogP contribution in [0.25, 0.3) is 16.5 Å². The summed E-state index contributed by atoms with van der Waals surface area (Å²) in [6.45, 7) is 0.0894. The molecule has 4 rings (SSSR count). The molecule has 1 aromatic heterocycles. The average molecular weight is 323 g/mol. The number of fused-ring (bicyclic) bond motifs is 2. The number of pyridine rings is 1. The highest BCUT2D eigenvalue weighted by Gasteiger charge is 2.21.